The van der Waals surface area contributed by atoms with Crippen molar-refractivity contribution in [3.63, 3.8) is 0 Å². The van der Waals surface area contributed by atoms with Crippen molar-refractivity contribution in [2.45, 2.75) is 58.2 Å². The minimum absolute atomic E-state index is 0.0668. The standard InChI is InChI=1S/C22H28N4O2S/c1-5-10-29-21-24-20-23-16-12-22(3,4)13-17(27)18(16)19(26(20)25-21)14-8-7-9-15(11-14)28-6-2/h7-9,11,19H,5-6,10,12-13H2,1-4H3,(H,23,24,25). The van der Waals surface area contributed by atoms with Crippen LogP contribution in [0.4, 0.5) is 5.95 Å². The zero-order valence-electron chi connectivity index (χ0n) is 17.5. The van der Waals surface area contributed by atoms with Gasteiger partial charge in [0, 0.05) is 23.4 Å². The molecule has 0 saturated heterocycles. The summed E-state index contributed by atoms with van der Waals surface area (Å²) in [5, 5.41) is 8.93. The second-order valence-corrected chi connectivity index (χ2v) is 9.44. The Hall–Kier alpha value is -2.28. The lowest BCUT2D eigenvalue weighted by molar-refractivity contribution is -0.118. The van der Waals surface area contributed by atoms with Crippen LogP contribution in [0.15, 0.2) is 40.7 Å². The average Bonchev–Trinajstić information content (AvgIpc) is 3.06. The zero-order valence-corrected chi connectivity index (χ0v) is 18.3. The number of nitrogens with one attached hydrogen (secondary N) is 1. The first-order valence-corrected chi connectivity index (χ1v) is 11.3. The Kier molecular flexibility index (Phi) is 5.42. The molecule has 0 spiro atoms. The summed E-state index contributed by atoms with van der Waals surface area (Å²) in [6, 6.07) is 7.69. The summed E-state index contributed by atoms with van der Waals surface area (Å²) in [4.78, 5) is 17.9. The number of allylic oxidation sites excluding steroid dienone is 2. The van der Waals surface area contributed by atoms with E-state index in [1.54, 1.807) is 11.8 Å². The topological polar surface area (TPSA) is 69.0 Å². The summed E-state index contributed by atoms with van der Waals surface area (Å²) in [5.41, 5.74) is 2.71. The smallest absolute Gasteiger partial charge is 0.227 e. The van der Waals surface area contributed by atoms with E-state index in [0.717, 1.165) is 46.3 Å². The number of fused-ring (bicyclic) bond motifs is 1. The summed E-state index contributed by atoms with van der Waals surface area (Å²) in [6.45, 7) is 9.00. The molecule has 1 aromatic carbocycles. The van der Waals surface area contributed by atoms with Crippen molar-refractivity contribution >= 4 is 23.5 Å². The van der Waals surface area contributed by atoms with E-state index in [4.69, 9.17) is 14.8 Å². The van der Waals surface area contributed by atoms with Crippen molar-refractivity contribution in [2.75, 3.05) is 17.7 Å². The highest BCUT2D eigenvalue weighted by Gasteiger charge is 2.41. The van der Waals surface area contributed by atoms with Crippen LogP contribution in [-0.2, 0) is 4.79 Å². The van der Waals surface area contributed by atoms with Gasteiger partial charge >= 0.3 is 0 Å². The van der Waals surface area contributed by atoms with Crippen molar-refractivity contribution in [2.24, 2.45) is 5.41 Å². The van der Waals surface area contributed by atoms with Crippen LogP contribution >= 0.6 is 11.8 Å². The maximum atomic E-state index is 13.2. The predicted molar refractivity (Wildman–Crippen MR) is 115 cm³/mol. The predicted octanol–water partition coefficient (Wildman–Crippen LogP) is 4.84. The zero-order chi connectivity index (χ0) is 20.6. The third-order valence-electron chi connectivity index (χ3n) is 5.23. The van der Waals surface area contributed by atoms with E-state index >= 15 is 0 Å². The molecule has 4 rings (SSSR count). The van der Waals surface area contributed by atoms with Crippen molar-refractivity contribution < 1.29 is 9.53 Å². The SMILES string of the molecule is CCCSc1nc2n(n1)C(c1cccc(OCC)c1)C1=C(CC(C)(C)CC1=O)N2. The summed E-state index contributed by atoms with van der Waals surface area (Å²) < 4.78 is 7.59. The molecule has 0 saturated carbocycles. The minimum atomic E-state index is -0.284. The number of ether oxygens (including phenoxy) is 1. The number of hydrogen-bond donors (Lipinski definition) is 1. The highest BCUT2D eigenvalue weighted by Crippen LogP contribution is 2.46. The Balaban J connectivity index is 1.83. The molecule has 6 nitrogen and oxygen atoms in total. The van der Waals surface area contributed by atoms with E-state index < -0.39 is 0 Å². The van der Waals surface area contributed by atoms with Crippen molar-refractivity contribution in [1.29, 1.82) is 0 Å². The molecular weight excluding hydrogens is 384 g/mol. The second-order valence-electron chi connectivity index (χ2n) is 8.38. The first-order valence-electron chi connectivity index (χ1n) is 10.3. The van der Waals surface area contributed by atoms with E-state index in [-0.39, 0.29) is 17.2 Å². The van der Waals surface area contributed by atoms with Gasteiger partial charge in [-0.05, 0) is 42.9 Å². The molecular formula is C22H28N4O2S. The summed E-state index contributed by atoms with van der Waals surface area (Å²) in [7, 11) is 0. The summed E-state index contributed by atoms with van der Waals surface area (Å²) in [5.74, 6) is 2.66. The number of thioether (sulfide) groups is 1. The van der Waals surface area contributed by atoms with Gasteiger partial charge in [-0.1, -0.05) is 44.7 Å². The molecule has 1 unspecified atom stereocenters. The van der Waals surface area contributed by atoms with Crippen LogP contribution in [0.1, 0.15) is 58.6 Å². The molecule has 1 N–H and O–H groups in total. The van der Waals surface area contributed by atoms with Crippen LogP contribution in [0, 0.1) is 5.41 Å². The number of carbonyl (C=O) groups excluding carboxylic acids is 1. The Labute approximate surface area is 176 Å². The summed E-state index contributed by atoms with van der Waals surface area (Å²) >= 11 is 1.65. The molecule has 2 aliphatic rings. The molecule has 1 atom stereocenters. The molecule has 0 radical (unpaired) electrons. The quantitative estimate of drug-likeness (QED) is 0.685. The molecule has 0 bridgehead atoms. The fourth-order valence-electron chi connectivity index (χ4n) is 4.09. The second kappa shape index (κ2) is 7.86. The van der Waals surface area contributed by atoms with E-state index in [0.29, 0.717) is 19.0 Å². The monoisotopic (exact) mass is 412 g/mol. The van der Waals surface area contributed by atoms with Gasteiger partial charge in [-0.2, -0.15) is 4.98 Å². The lowest BCUT2D eigenvalue weighted by Gasteiger charge is -2.38. The van der Waals surface area contributed by atoms with Crippen LogP contribution in [0.3, 0.4) is 0 Å². The van der Waals surface area contributed by atoms with Gasteiger partial charge in [0.05, 0.1) is 6.61 Å². The lowest BCUT2D eigenvalue weighted by atomic mass is 9.73. The number of nitrogens with zero attached hydrogens (tertiary/aromatic N) is 3. The van der Waals surface area contributed by atoms with Crippen LogP contribution in [-0.4, -0.2) is 32.9 Å². The number of Topliss-reactive ketones (excluding diaryl/α,β-unsaturated/α-hetero) is 1. The third-order valence-corrected chi connectivity index (χ3v) is 6.28. The molecule has 29 heavy (non-hydrogen) atoms. The number of carbonyl (C=O) groups is 1. The van der Waals surface area contributed by atoms with Gasteiger partial charge in [0.1, 0.15) is 11.8 Å². The Morgan fingerprint density at radius 1 is 1.31 bits per heavy atom. The van der Waals surface area contributed by atoms with E-state index in [2.05, 4.69) is 26.1 Å². The van der Waals surface area contributed by atoms with E-state index in [1.807, 2.05) is 35.9 Å². The molecule has 1 aliphatic carbocycles. The van der Waals surface area contributed by atoms with Crippen molar-refractivity contribution in [1.82, 2.24) is 14.8 Å². The Morgan fingerprint density at radius 2 is 2.14 bits per heavy atom. The van der Waals surface area contributed by atoms with Gasteiger partial charge in [0.15, 0.2) is 5.78 Å². The molecule has 0 amide bonds. The van der Waals surface area contributed by atoms with E-state index in [9.17, 15) is 4.79 Å². The molecule has 0 fully saturated rings. The highest BCUT2D eigenvalue weighted by molar-refractivity contribution is 7.99. The molecule has 1 aromatic heterocycles. The van der Waals surface area contributed by atoms with Gasteiger partial charge in [0.25, 0.3) is 0 Å². The lowest BCUT2D eigenvalue weighted by Crippen LogP contribution is -2.36. The Bertz CT molecular complexity index is 963. The number of rotatable bonds is 6. The van der Waals surface area contributed by atoms with Gasteiger partial charge in [-0.3, -0.25) is 4.79 Å². The molecule has 7 heteroatoms. The largest absolute Gasteiger partial charge is 0.494 e. The maximum Gasteiger partial charge on any atom is 0.227 e. The molecule has 154 valence electrons. The van der Waals surface area contributed by atoms with Crippen molar-refractivity contribution in [3.8, 4) is 5.75 Å². The van der Waals surface area contributed by atoms with Gasteiger partial charge < -0.3 is 10.1 Å². The third kappa shape index (κ3) is 3.92. The highest BCUT2D eigenvalue weighted by atomic mass is 32.2. The van der Waals surface area contributed by atoms with Crippen LogP contribution in [0.5, 0.6) is 5.75 Å². The van der Waals surface area contributed by atoms with Gasteiger partial charge in [-0.15, -0.1) is 5.10 Å². The molecule has 1 aliphatic heterocycles. The minimum Gasteiger partial charge on any atom is -0.494 e. The van der Waals surface area contributed by atoms with E-state index in [1.165, 1.54) is 0 Å². The van der Waals surface area contributed by atoms with Crippen LogP contribution < -0.4 is 10.1 Å². The fraction of sp³-hybridized carbons (Fsp3) is 0.500. The van der Waals surface area contributed by atoms with Gasteiger partial charge in [0.2, 0.25) is 11.1 Å². The normalized spacial score (nSPS) is 20.1. The number of anilines is 1. The number of aromatic nitrogens is 3. The number of hydrogen-bond acceptors (Lipinski definition) is 6. The van der Waals surface area contributed by atoms with Crippen LogP contribution in [0.25, 0.3) is 0 Å². The van der Waals surface area contributed by atoms with Crippen LogP contribution in [0.2, 0.25) is 0 Å². The first-order chi connectivity index (χ1) is 13.9. The number of ketones is 1. The first kappa shape index (κ1) is 20.0. The Morgan fingerprint density at radius 3 is 2.90 bits per heavy atom. The summed E-state index contributed by atoms with van der Waals surface area (Å²) in [6.07, 6.45) is 2.42. The maximum absolute atomic E-state index is 13.2. The molecule has 2 heterocycles. The van der Waals surface area contributed by atoms with Crippen molar-refractivity contribution in [3.05, 3.63) is 41.1 Å². The average molecular weight is 413 g/mol. The fourth-order valence-corrected chi connectivity index (χ4v) is 4.78. The number of benzene rings is 1. The van der Waals surface area contributed by atoms with Gasteiger partial charge in [-0.25, -0.2) is 4.68 Å². The molecule has 2 aromatic rings.